The van der Waals surface area contributed by atoms with Crippen LogP contribution in [-0.2, 0) is 4.79 Å². The van der Waals surface area contributed by atoms with Crippen molar-refractivity contribution in [2.45, 2.75) is 45.1 Å². The van der Waals surface area contributed by atoms with Crippen molar-refractivity contribution < 1.29 is 28.2 Å². The molecule has 1 fully saturated rings. The Morgan fingerprint density at radius 1 is 1.23 bits per heavy atom. The summed E-state index contributed by atoms with van der Waals surface area (Å²) in [5.41, 5.74) is 0.608. The number of hydrogen-bond donors (Lipinski definition) is 3. The van der Waals surface area contributed by atoms with E-state index in [-0.39, 0.29) is 23.2 Å². The second-order valence-electron chi connectivity index (χ2n) is 8.66. The van der Waals surface area contributed by atoms with Crippen LogP contribution in [0.4, 0.5) is 14.6 Å². The van der Waals surface area contributed by atoms with Crippen molar-refractivity contribution in [3.63, 3.8) is 0 Å². The Balaban J connectivity index is 1.69. The van der Waals surface area contributed by atoms with Crippen LogP contribution in [0.1, 0.15) is 72.1 Å². The number of methoxy groups -OCH3 is 1. The van der Waals surface area contributed by atoms with E-state index in [2.05, 4.69) is 15.6 Å². The van der Waals surface area contributed by atoms with Crippen LogP contribution in [0.15, 0.2) is 30.5 Å². The van der Waals surface area contributed by atoms with Gasteiger partial charge in [-0.1, -0.05) is 0 Å². The van der Waals surface area contributed by atoms with Gasteiger partial charge in [-0.2, -0.15) is 5.26 Å². The van der Waals surface area contributed by atoms with Crippen molar-refractivity contribution in [2.24, 2.45) is 11.8 Å². The van der Waals surface area contributed by atoms with Crippen molar-refractivity contribution >= 4 is 17.7 Å². The molecule has 0 saturated heterocycles. The number of pyridine rings is 1. The first-order valence-electron chi connectivity index (χ1n) is 11.4. The number of carbonyl (C=O) groups is 2. The highest BCUT2D eigenvalue weighted by molar-refractivity contribution is 5.94. The summed E-state index contributed by atoms with van der Waals surface area (Å²) < 4.78 is 33.0. The zero-order chi connectivity index (χ0) is 25.5. The molecular formula is C25H28F2N4O4. The van der Waals surface area contributed by atoms with Gasteiger partial charge in [0.05, 0.1) is 41.8 Å². The summed E-state index contributed by atoms with van der Waals surface area (Å²) in [5.74, 6) is -1.07. The van der Waals surface area contributed by atoms with Gasteiger partial charge in [-0.3, -0.25) is 9.59 Å². The van der Waals surface area contributed by atoms with Gasteiger partial charge in [-0.15, -0.1) is 0 Å². The van der Waals surface area contributed by atoms with Crippen molar-refractivity contribution in [3.05, 3.63) is 52.7 Å². The maximum absolute atomic E-state index is 13.8. The lowest BCUT2D eigenvalue weighted by molar-refractivity contribution is -0.143. The summed E-state index contributed by atoms with van der Waals surface area (Å²) in [5, 5.41) is 24.0. The summed E-state index contributed by atoms with van der Waals surface area (Å²) >= 11 is 0. The number of aromatic nitrogens is 1. The van der Waals surface area contributed by atoms with Gasteiger partial charge in [0.15, 0.2) is 0 Å². The van der Waals surface area contributed by atoms with Gasteiger partial charge in [0.2, 0.25) is 0 Å². The minimum absolute atomic E-state index is 0.0155. The molecular weight excluding hydrogens is 458 g/mol. The van der Waals surface area contributed by atoms with Crippen molar-refractivity contribution in [2.75, 3.05) is 19.0 Å². The number of aliphatic carboxylic acids is 1. The fourth-order valence-electron chi connectivity index (χ4n) is 4.27. The molecule has 8 nitrogen and oxygen atoms in total. The van der Waals surface area contributed by atoms with E-state index >= 15 is 0 Å². The van der Waals surface area contributed by atoms with Gasteiger partial charge in [0.1, 0.15) is 11.6 Å². The number of alkyl halides is 2. The molecule has 1 atom stereocenters. The predicted octanol–water partition coefficient (Wildman–Crippen LogP) is 4.69. The molecule has 186 valence electrons. The zero-order valence-corrected chi connectivity index (χ0v) is 19.6. The maximum Gasteiger partial charge on any atom is 0.306 e. The summed E-state index contributed by atoms with van der Waals surface area (Å²) in [6.07, 6.45) is 0.870. The maximum atomic E-state index is 13.8. The van der Waals surface area contributed by atoms with E-state index in [9.17, 15) is 23.6 Å². The highest BCUT2D eigenvalue weighted by Crippen LogP contribution is 2.33. The number of rotatable bonds is 9. The highest BCUT2D eigenvalue weighted by Gasteiger charge is 2.26. The summed E-state index contributed by atoms with van der Waals surface area (Å²) in [4.78, 5) is 27.7. The lowest BCUT2D eigenvalue weighted by Crippen LogP contribution is -2.32. The molecule has 1 aromatic heterocycles. The number of carbonyl (C=O) groups excluding carboxylic acids is 1. The Morgan fingerprint density at radius 2 is 1.94 bits per heavy atom. The van der Waals surface area contributed by atoms with Crippen LogP contribution >= 0.6 is 0 Å². The van der Waals surface area contributed by atoms with Crippen molar-refractivity contribution in [3.8, 4) is 11.8 Å². The summed E-state index contributed by atoms with van der Waals surface area (Å²) in [7, 11) is 1.48. The Hall–Kier alpha value is -3.74. The minimum Gasteiger partial charge on any atom is -0.496 e. The molecule has 35 heavy (non-hydrogen) atoms. The minimum atomic E-state index is -2.87. The molecule has 1 saturated carbocycles. The lowest BCUT2D eigenvalue weighted by atomic mass is 9.82. The Labute approximate surface area is 202 Å². The fourth-order valence-corrected chi connectivity index (χ4v) is 4.27. The largest absolute Gasteiger partial charge is 0.496 e. The van der Waals surface area contributed by atoms with Crippen LogP contribution in [0.5, 0.6) is 5.75 Å². The lowest BCUT2D eigenvalue weighted by Gasteiger charge is -2.26. The van der Waals surface area contributed by atoms with Gasteiger partial charge >= 0.3 is 5.97 Å². The second kappa shape index (κ2) is 11.6. The Bertz CT molecular complexity index is 1110. The third kappa shape index (κ3) is 6.44. The SMILES string of the molecule is COc1ccc(C#N)cc1C(C)Nc1ncc(C(=O)NC[C@H]2CC[C@H](C(=O)O)CC2)cc1C(F)F. The number of carboxylic acid groups (broad SMARTS) is 1. The number of halogens is 2. The zero-order valence-electron chi connectivity index (χ0n) is 19.6. The molecule has 2 aromatic rings. The third-order valence-corrected chi connectivity index (χ3v) is 6.34. The first kappa shape index (κ1) is 25.9. The molecule has 1 aromatic carbocycles. The smallest absolute Gasteiger partial charge is 0.306 e. The number of carboxylic acids is 1. The van der Waals surface area contributed by atoms with Crippen molar-refractivity contribution in [1.29, 1.82) is 5.26 Å². The molecule has 10 heteroatoms. The van der Waals surface area contributed by atoms with E-state index in [1.165, 1.54) is 13.3 Å². The average Bonchev–Trinajstić information content (AvgIpc) is 2.87. The van der Waals surface area contributed by atoms with Gasteiger partial charge in [-0.05, 0) is 62.8 Å². The first-order valence-corrected chi connectivity index (χ1v) is 11.4. The molecule has 3 rings (SSSR count). The average molecular weight is 487 g/mol. The Kier molecular flexibility index (Phi) is 8.58. The highest BCUT2D eigenvalue weighted by atomic mass is 19.3. The van der Waals surface area contributed by atoms with Gasteiger partial charge in [-0.25, -0.2) is 13.8 Å². The molecule has 0 radical (unpaired) electrons. The third-order valence-electron chi connectivity index (χ3n) is 6.34. The van der Waals surface area contributed by atoms with Gasteiger partial charge < -0.3 is 20.5 Å². The standard InChI is InChI=1S/C25H28F2N4O4/c1-14(19-9-16(11-28)5-8-21(19)35-2)31-23-20(22(26)27)10-18(13-29-23)24(32)30-12-15-3-6-17(7-4-15)25(33)34/h5,8-10,13-15,17,22H,3-4,6-7,12H2,1-2H3,(H,29,31)(H,30,32)(H,33,34)/t14?,15-,17-. The molecule has 0 bridgehead atoms. The number of anilines is 1. The molecule has 1 aliphatic carbocycles. The van der Waals surface area contributed by atoms with Crippen LogP contribution < -0.4 is 15.4 Å². The molecule has 1 aliphatic rings. The van der Waals surface area contributed by atoms with Crippen LogP contribution in [-0.4, -0.2) is 35.6 Å². The number of amides is 1. The summed E-state index contributed by atoms with van der Waals surface area (Å²) in [6.45, 7) is 2.08. The molecule has 0 aliphatic heterocycles. The normalized spacial score (nSPS) is 18.4. The van der Waals surface area contributed by atoms with E-state index in [4.69, 9.17) is 9.84 Å². The fraction of sp³-hybridized carbons (Fsp3) is 0.440. The van der Waals surface area contributed by atoms with E-state index in [1.54, 1.807) is 25.1 Å². The van der Waals surface area contributed by atoms with Crippen LogP contribution in [0, 0.1) is 23.2 Å². The van der Waals surface area contributed by atoms with E-state index in [1.807, 2.05) is 6.07 Å². The second-order valence-corrected chi connectivity index (χ2v) is 8.66. The number of ether oxygens (including phenoxy) is 1. The molecule has 3 N–H and O–H groups in total. The number of nitrogens with one attached hydrogen (secondary N) is 2. The molecule has 0 spiro atoms. The number of hydrogen-bond acceptors (Lipinski definition) is 6. The van der Waals surface area contributed by atoms with E-state index in [0.29, 0.717) is 49.1 Å². The number of nitrogens with zero attached hydrogens (tertiary/aromatic N) is 2. The molecule has 1 amide bonds. The number of benzene rings is 1. The topological polar surface area (TPSA) is 124 Å². The molecule has 1 heterocycles. The predicted molar refractivity (Wildman–Crippen MR) is 124 cm³/mol. The monoisotopic (exact) mass is 486 g/mol. The quantitative estimate of drug-likeness (QED) is 0.469. The first-order chi connectivity index (χ1) is 16.7. The van der Waals surface area contributed by atoms with Crippen LogP contribution in [0.2, 0.25) is 0 Å². The van der Waals surface area contributed by atoms with Crippen LogP contribution in [0.3, 0.4) is 0 Å². The Morgan fingerprint density at radius 3 is 2.54 bits per heavy atom. The van der Waals surface area contributed by atoms with E-state index < -0.39 is 29.9 Å². The molecule has 1 unspecified atom stereocenters. The van der Waals surface area contributed by atoms with Gasteiger partial charge in [0, 0.05) is 18.3 Å². The van der Waals surface area contributed by atoms with Gasteiger partial charge in [0.25, 0.3) is 12.3 Å². The van der Waals surface area contributed by atoms with E-state index in [0.717, 1.165) is 6.07 Å². The van der Waals surface area contributed by atoms with Crippen molar-refractivity contribution in [1.82, 2.24) is 10.3 Å². The van der Waals surface area contributed by atoms with Crippen LogP contribution in [0.25, 0.3) is 0 Å². The summed E-state index contributed by atoms with van der Waals surface area (Å²) in [6, 6.07) is 7.50. The number of nitriles is 1.